The summed E-state index contributed by atoms with van der Waals surface area (Å²) in [7, 11) is 0. The predicted molar refractivity (Wildman–Crippen MR) is 84.1 cm³/mol. The summed E-state index contributed by atoms with van der Waals surface area (Å²) < 4.78 is 11.2. The van der Waals surface area contributed by atoms with E-state index in [0.29, 0.717) is 23.3 Å². The smallest absolute Gasteiger partial charge is 0.284 e. The van der Waals surface area contributed by atoms with Crippen LogP contribution in [0.3, 0.4) is 0 Å². The van der Waals surface area contributed by atoms with Crippen LogP contribution < -0.4 is 14.9 Å². The Labute approximate surface area is 130 Å². The summed E-state index contributed by atoms with van der Waals surface area (Å²) in [6.07, 6.45) is 2.84. The SMILES string of the molecule is C[C@H]1CCC[C@H](C)C1=NNC(=O)[C@@H]1COc2ccccc2O1. The molecule has 1 saturated carbocycles. The van der Waals surface area contributed by atoms with Gasteiger partial charge in [0, 0.05) is 5.71 Å². The van der Waals surface area contributed by atoms with Crippen LogP contribution in [0.2, 0.25) is 0 Å². The van der Waals surface area contributed by atoms with Gasteiger partial charge in [-0.25, -0.2) is 5.43 Å². The number of carbonyl (C=O) groups excluding carboxylic acids is 1. The molecule has 5 nitrogen and oxygen atoms in total. The third-order valence-corrected chi connectivity index (χ3v) is 4.38. The minimum absolute atomic E-state index is 0.207. The minimum atomic E-state index is -0.659. The average molecular weight is 302 g/mol. The van der Waals surface area contributed by atoms with Gasteiger partial charge >= 0.3 is 0 Å². The molecule has 5 heteroatoms. The molecule has 3 rings (SSSR count). The molecule has 0 aromatic heterocycles. The van der Waals surface area contributed by atoms with Crippen molar-refractivity contribution in [1.29, 1.82) is 0 Å². The van der Waals surface area contributed by atoms with Gasteiger partial charge in [0.05, 0.1) is 0 Å². The van der Waals surface area contributed by atoms with Crippen molar-refractivity contribution in [2.45, 2.75) is 39.2 Å². The van der Waals surface area contributed by atoms with Crippen molar-refractivity contribution in [2.75, 3.05) is 6.61 Å². The van der Waals surface area contributed by atoms with Gasteiger partial charge in [0.15, 0.2) is 11.5 Å². The van der Waals surface area contributed by atoms with Crippen LogP contribution in [-0.2, 0) is 4.79 Å². The molecule has 0 spiro atoms. The molecule has 1 aromatic carbocycles. The van der Waals surface area contributed by atoms with E-state index in [0.717, 1.165) is 18.6 Å². The number of fused-ring (bicyclic) bond motifs is 1. The van der Waals surface area contributed by atoms with Crippen LogP contribution in [0, 0.1) is 11.8 Å². The summed E-state index contributed by atoms with van der Waals surface area (Å²) in [6, 6.07) is 7.36. The van der Waals surface area contributed by atoms with Crippen molar-refractivity contribution < 1.29 is 14.3 Å². The van der Waals surface area contributed by atoms with E-state index in [2.05, 4.69) is 24.4 Å². The zero-order valence-electron chi connectivity index (χ0n) is 13.0. The second-order valence-corrected chi connectivity index (χ2v) is 6.11. The molecule has 22 heavy (non-hydrogen) atoms. The van der Waals surface area contributed by atoms with E-state index in [1.807, 2.05) is 18.2 Å². The third kappa shape index (κ3) is 3.08. The van der Waals surface area contributed by atoms with Crippen molar-refractivity contribution >= 4 is 11.6 Å². The molecule has 1 aliphatic carbocycles. The first-order valence-corrected chi connectivity index (χ1v) is 7.91. The van der Waals surface area contributed by atoms with Gasteiger partial charge in [0.2, 0.25) is 6.10 Å². The number of hydrogen-bond acceptors (Lipinski definition) is 4. The van der Waals surface area contributed by atoms with Crippen LogP contribution in [0.25, 0.3) is 0 Å². The lowest BCUT2D eigenvalue weighted by atomic mass is 9.81. The lowest BCUT2D eigenvalue weighted by Gasteiger charge is -2.27. The molecule has 1 amide bonds. The Balaban J connectivity index is 1.63. The molecule has 1 fully saturated rings. The zero-order valence-corrected chi connectivity index (χ0v) is 13.0. The van der Waals surface area contributed by atoms with Crippen molar-refractivity contribution in [3.63, 3.8) is 0 Å². The lowest BCUT2D eigenvalue weighted by Crippen LogP contribution is -2.43. The number of nitrogens with one attached hydrogen (secondary N) is 1. The molecular weight excluding hydrogens is 280 g/mol. The molecule has 1 heterocycles. The maximum absolute atomic E-state index is 12.2. The summed E-state index contributed by atoms with van der Waals surface area (Å²) >= 11 is 0. The fraction of sp³-hybridized carbons (Fsp3) is 0.529. The number of hydrogen-bond donors (Lipinski definition) is 1. The van der Waals surface area contributed by atoms with E-state index in [-0.39, 0.29) is 12.5 Å². The predicted octanol–water partition coefficient (Wildman–Crippen LogP) is 2.75. The van der Waals surface area contributed by atoms with E-state index in [1.165, 1.54) is 6.42 Å². The average Bonchev–Trinajstić information content (AvgIpc) is 2.53. The van der Waals surface area contributed by atoms with Gasteiger partial charge in [-0.1, -0.05) is 32.4 Å². The van der Waals surface area contributed by atoms with Crippen molar-refractivity contribution in [3.05, 3.63) is 24.3 Å². The highest BCUT2D eigenvalue weighted by molar-refractivity contribution is 5.91. The van der Waals surface area contributed by atoms with Gasteiger partial charge in [-0.3, -0.25) is 4.79 Å². The topological polar surface area (TPSA) is 59.9 Å². The van der Waals surface area contributed by atoms with Crippen LogP contribution >= 0.6 is 0 Å². The highest BCUT2D eigenvalue weighted by atomic mass is 16.6. The Morgan fingerprint density at radius 1 is 1.18 bits per heavy atom. The first-order valence-electron chi connectivity index (χ1n) is 7.91. The maximum atomic E-state index is 12.2. The van der Waals surface area contributed by atoms with Gasteiger partial charge in [-0.2, -0.15) is 5.10 Å². The van der Waals surface area contributed by atoms with Gasteiger partial charge in [-0.15, -0.1) is 0 Å². The number of ether oxygens (including phenoxy) is 2. The van der Waals surface area contributed by atoms with Gasteiger partial charge < -0.3 is 9.47 Å². The standard InChI is InChI=1S/C17H22N2O3/c1-11-6-5-7-12(2)16(11)18-19-17(20)15-10-21-13-8-3-4-9-14(13)22-15/h3-4,8-9,11-12,15H,5-7,10H2,1-2H3,(H,19,20)/t11-,12-,15-/m0/s1. The number of nitrogens with zero attached hydrogens (tertiary/aromatic N) is 1. The van der Waals surface area contributed by atoms with Crippen molar-refractivity contribution in [1.82, 2.24) is 5.43 Å². The molecule has 1 aliphatic heterocycles. The summed E-state index contributed by atoms with van der Waals surface area (Å²) in [4.78, 5) is 12.2. The molecule has 1 aromatic rings. The molecule has 0 unspecified atom stereocenters. The number of benzene rings is 1. The van der Waals surface area contributed by atoms with Crippen LogP contribution in [0.4, 0.5) is 0 Å². The van der Waals surface area contributed by atoms with E-state index >= 15 is 0 Å². The lowest BCUT2D eigenvalue weighted by molar-refractivity contribution is -0.130. The first-order chi connectivity index (χ1) is 10.6. The Kier molecular flexibility index (Phi) is 4.32. The van der Waals surface area contributed by atoms with Gasteiger partial charge in [0.25, 0.3) is 5.91 Å². The van der Waals surface area contributed by atoms with E-state index < -0.39 is 6.10 Å². The molecular formula is C17H22N2O3. The largest absolute Gasteiger partial charge is 0.485 e. The number of hydrazone groups is 1. The minimum Gasteiger partial charge on any atom is -0.485 e. The Morgan fingerprint density at radius 3 is 2.59 bits per heavy atom. The number of carbonyl (C=O) groups is 1. The Morgan fingerprint density at radius 2 is 1.86 bits per heavy atom. The fourth-order valence-electron chi connectivity index (χ4n) is 3.07. The number of rotatable bonds is 2. The molecule has 1 N–H and O–H groups in total. The summed E-state index contributed by atoms with van der Waals surface area (Å²) in [5, 5.41) is 4.36. The summed E-state index contributed by atoms with van der Waals surface area (Å²) in [5.74, 6) is 1.86. The second-order valence-electron chi connectivity index (χ2n) is 6.11. The summed E-state index contributed by atoms with van der Waals surface area (Å²) in [6.45, 7) is 4.53. The normalized spacial score (nSPS) is 27.2. The monoisotopic (exact) mass is 302 g/mol. The molecule has 0 saturated heterocycles. The summed E-state index contributed by atoms with van der Waals surface area (Å²) in [5.41, 5.74) is 3.74. The van der Waals surface area contributed by atoms with Gasteiger partial charge in [0.1, 0.15) is 6.61 Å². The van der Waals surface area contributed by atoms with Crippen molar-refractivity contribution in [2.24, 2.45) is 16.9 Å². The second kappa shape index (κ2) is 6.38. The van der Waals surface area contributed by atoms with Crippen LogP contribution in [0.15, 0.2) is 29.4 Å². The first kappa shape index (κ1) is 14.9. The maximum Gasteiger partial charge on any atom is 0.284 e. The molecule has 118 valence electrons. The molecule has 0 bridgehead atoms. The number of para-hydroxylation sites is 2. The highest BCUT2D eigenvalue weighted by Crippen LogP contribution is 2.31. The van der Waals surface area contributed by atoms with Crippen molar-refractivity contribution in [3.8, 4) is 11.5 Å². The zero-order chi connectivity index (χ0) is 15.5. The molecule has 3 atom stereocenters. The molecule has 0 radical (unpaired) electrons. The van der Waals surface area contributed by atoms with E-state index in [9.17, 15) is 4.79 Å². The quantitative estimate of drug-likeness (QED) is 0.855. The van der Waals surface area contributed by atoms with Gasteiger partial charge in [-0.05, 0) is 36.8 Å². The van der Waals surface area contributed by atoms with Crippen LogP contribution in [-0.4, -0.2) is 24.3 Å². The fourth-order valence-corrected chi connectivity index (χ4v) is 3.07. The Bertz CT molecular complexity index is 573. The van der Waals surface area contributed by atoms with Crippen LogP contribution in [0.5, 0.6) is 11.5 Å². The Hall–Kier alpha value is -2.04. The van der Waals surface area contributed by atoms with Crippen LogP contribution in [0.1, 0.15) is 33.1 Å². The van der Waals surface area contributed by atoms with E-state index in [4.69, 9.17) is 9.47 Å². The third-order valence-electron chi connectivity index (χ3n) is 4.38. The van der Waals surface area contributed by atoms with E-state index in [1.54, 1.807) is 6.07 Å². The highest BCUT2D eigenvalue weighted by Gasteiger charge is 2.28. The molecule has 2 aliphatic rings. The number of amides is 1.